The molecule has 0 atom stereocenters. The Hall–Kier alpha value is -2.25. The van der Waals surface area contributed by atoms with Gasteiger partial charge >= 0.3 is 0 Å². The third-order valence-electron chi connectivity index (χ3n) is 5.35. The van der Waals surface area contributed by atoms with Crippen molar-refractivity contribution in [2.24, 2.45) is 5.92 Å². The molecule has 1 amide bonds. The van der Waals surface area contributed by atoms with Crippen LogP contribution in [0, 0.1) is 5.92 Å². The lowest BCUT2D eigenvalue weighted by Crippen LogP contribution is -2.44. The third kappa shape index (κ3) is 5.17. The minimum absolute atomic E-state index is 0.102. The van der Waals surface area contributed by atoms with Crippen LogP contribution in [0.4, 0.5) is 0 Å². The highest BCUT2D eigenvalue weighted by atomic mass is 32.2. The molecule has 2 aromatic rings. The summed E-state index contributed by atoms with van der Waals surface area (Å²) < 4.78 is 26.2. The molecule has 1 saturated heterocycles. The zero-order valence-corrected chi connectivity index (χ0v) is 17.0. The first-order valence-corrected chi connectivity index (χ1v) is 11.1. The molecular weight excluding hydrogens is 374 g/mol. The number of carbonyl (C=O) groups is 1. The summed E-state index contributed by atoms with van der Waals surface area (Å²) in [5, 5.41) is 0. The first-order chi connectivity index (χ1) is 13.5. The van der Waals surface area contributed by atoms with Gasteiger partial charge < -0.3 is 4.90 Å². The first kappa shape index (κ1) is 20.5. The first-order valence-electron chi connectivity index (χ1n) is 9.65. The van der Waals surface area contributed by atoms with Crippen molar-refractivity contribution in [3.8, 4) is 0 Å². The summed E-state index contributed by atoms with van der Waals surface area (Å²) in [7, 11) is -2.26. The van der Waals surface area contributed by atoms with Crippen LogP contribution < -0.4 is 0 Å². The SMILES string of the molecule is CN(CC(=O)N1CCC(CCc2ccccc2)CC1)S(=O)(=O)c1cccnc1. The standard InChI is InChI=1S/C21H27N3O3S/c1-23(28(26,27)20-8-5-13-22-16-20)17-21(25)24-14-11-19(12-15-24)10-9-18-6-3-2-4-7-18/h2-8,13,16,19H,9-12,14-15,17H2,1H3. The number of hydrogen-bond donors (Lipinski definition) is 0. The van der Waals surface area contributed by atoms with E-state index in [1.807, 2.05) is 6.07 Å². The number of carbonyl (C=O) groups excluding carboxylic acids is 1. The Morgan fingerprint density at radius 1 is 1.14 bits per heavy atom. The number of rotatable bonds is 7. The molecule has 0 radical (unpaired) electrons. The number of pyridine rings is 1. The highest BCUT2D eigenvalue weighted by molar-refractivity contribution is 7.89. The van der Waals surface area contributed by atoms with Gasteiger partial charge in [-0.2, -0.15) is 4.31 Å². The average molecular weight is 402 g/mol. The van der Waals surface area contributed by atoms with Gasteiger partial charge in [0.1, 0.15) is 4.90 Å². The largest absolute Gasteiger partial charge is 0.342 e. The third-order valence-corrected chi connectivity index (χ3v) is 7.14. The molecule has 0 aliphatic carbocycles. The topological polar surface area (TPSA) is 70.6 Å². The molecule has 0 spiro atoms. The van der Waals surface area contributed by atoms with Crippen LogP contribution >= 0.6 is 0 Å². The van der Waals surface area contributed by atoms with Crippen LogP contribution in [0.2, 0.25) is 0 Å². The normalized spacial score (nSPS) is 15.7. The predicted octanol–water partition coefficient (Wildman–Crippen LogP) is 2.57. The van der Waals surface area contributed by atoms with Crippen molar-refractivity contribution in [2.75, 3.05) is 26.7 Å². The molecule has 0 unspecified atom stereocenters. The minimum atomic E-state index is -3.70. The summed E-state index contributed by atoms with van der Waals surface area (Å²) in [6.45, 7) is 1.24. The Kier molecular flexibility index (Phi) is 6.80. The van der Waals surface area contributed by atoms with Gasteiger partial charge in [0.2, 0.25) is 15.9 Å². The molecule has 6 nitrogen and oxygen atoms in total. The van der Waals surface area contributed by atoms with E-state index in [2.05, 4.69) is 29.2 Å². The van der Waals surface area contributed by atoms with Crippen molar-refractivity contribution >= 4 is 15.9 Å². The Balaban J connectivity index is 1.47. The maximum Gasteiger partial charge on any atom is 0.244 e. The molecule has 0 saturated carbocycles. The number of likely N-dealkylation sites (tertiary alicyclic amines) is 1. The molecule has 1 fully saturated rings. The van der Waals surface area contributed by atoms with E-state index in [4.69, 9.17) is 0 Å². The quantitative estimate of drug-likeness (QED) is 0.715. The fraction of sp³-hybridized carbons (Fsp3) is 0.429. The number of likely N-dealkylation sites (N-methyl/N-ethyl adjacent to an activating group) is 1. The summed E-state index contributed by atoms with van der Waals surface area (Å²) in [4.78, 5) is 18.3. The Morgan fingerprint density at radius 3 is 2.50 bits per heavy atom. The molecule has 1 aromatic carbocycles. The second-order valence-electron chi connectivity index (χ2n) is 7.30. The smallest absolute Gasteiger partial charge is 0.244 e. The minimum Gasteiger partial charge on any atom is -0.342 e. The molecule has 0 bridgehead atoms. The highest BCUT2D eigenvalue weighted by Gasteiger charge is 2.27. The lowest BCUT2D eigenvalue weighted by molar-refractivity contribution is -0.132. The number of sulfonamides is 1. The van der Waals surface area contributed by atoms with Crippen LogP contribution in [0.1, 0.15) is 24.8 Å². The molecule has 28 heavy (non-hydrogen) atoms. The van der Waals surface area contributed by atoms with Crippen LogP contribution in [0.25, 0.3) is 0 Å². The van der Waals surface area contributed by atoms with Gasteiger partial charge in [-0.25, -0.2) is 8.42 Å². The van der Waals surface area contributed by atoms with E-state index in [0.717, 1.165) is 30.0 Å². The van der Waals surface area contributed by atoms with Crippen molar-refractivity contribution in [2.45, 2.75) is 30.6 Å². The maximum absolute atomic E-state index is 12.6. The number of aryl methyl sites for hydroxylation is 1. The lowest BCUT2D eigenvalue weighted by atomic mass is 9.90. The summed E-state index contributed by atoms with van der Waals surface area (Å²) in [5.74, 6) is 0.470. The van der Waals surface area contributed by atoms with Gasteiger partial charge in [0.25, 0.3) is 0 Å². The van der Waals surface area contributed by atoms with Gasteiger partial charge in [-0.05, 0) is 49.3 Å². The second kappa shape index (κ2) is 9.30. The van der Waals surface area contributed by atoms with Crippen molar-refractivity contribution in [3.05, 3.63) is 60.4 Å². The van der Waals surface area contributed by atoms with E-state index in [1.54, 1.807) is 11.0 Å². The number of aromatic nitrogens is 1. The van der Waals surface area contributed by atoms with Gasteiger partial charge in [0.15, 0.2) is 0 Å². The van der Waals surface area contributed by atoms with Crippen molar-refractivity contribution < 1.29 is 13.2 Å². The number of piperidine rings is 1. The lowest BCUT2D eigenvalue weighted by Gasteiger charge is -2.33. The number of hydrogen-bond acceptors (Lipinski definition) is 4. The number of nitrogens with zero attached hydrogens (tertiary/aromatic N) is 3. The zero-order valence-electron chi connectivity index (χ0n) is 16.2. The van der Waals surface area contributed by atoms with Crippen molar-refractivity contribution in [1.82, 2.24) is 14.2 Å². The van der Waals surface area contributed by atoms with Crippen molar-refractivity contribution in [3.63, 3.8) is 0 Å². The molecule has 2 heterocycles. The van der Waals surface area contributed by atoms with Crippen LogP contribution in [0.5, 0.6) is 0 Å². The van der Waals surface area contributed by atoms with E-state index in [1.165, 1.54) is 31.1 Å². The van der Waals surface area contributed by atoms with Gasteiger partial charge in [-0.15, -0.1) is 0 Å². The molecule has 3 rings (SSSR count). The molecule has 7 heteroatoms. The zero-order chi connectivity index (χ0) is 20.0. The van der Waals surface area contributed by atoms with Crippen molar-refractivity contribution in [1.29, 1.82) is 0 Å². The molecular formula is C21H27N3O3S. The number of benzene rings is 1. The van der Waals surface area contributed by atoms with Crippen LogP contribution in [-0.2, 0) is 21.2 Å². The van der Waals surface area contributed by atoms with Crippen LogP contribution in [0.15, 0.2) is 59.8 Å². The summed E-state index contributed by atoms with van der Waals surface area (Å²) in [6, 6.07) is 13.5. The van der Waals surface area contributed by atoms with Gasteiger partial charge in [-0.1, -0.05) is 30.3 Å². The molecule has 0 N–H and O–H groups in total. The predicted molar refractivity (Wildman–Crippen MR) is 108 cm³/mol. The summed E-state index contributed by atoms with van der Waals surface area (Å²) in [5.41, 5.74) is 1.35. The van der Waals surface area contributed by atoms with E-state index >= 15 is 0 Å². The maximum atomic E-state index is 12.6. The summed E-state index contributed by atoms with van der Waals surface area (Å²) >= 11 is 0. The van der Waals surface area contributed by atoms with Gasteiger partial charge in [0.05, 0.1) is 6.54 Å². The fourth-order valence-electron chi connectivity index (χ4n) is 3.54. The average Bonchev–Trinajstić information content (AvgIpc) is 2.74. The number of amides is 1. The van der Waals surface area contributed by atoms with E-state index in [0.29, 0.717) is 19.0 Å². The second-order valence-corrected chi connectivity index (χ2v) is 9.34. The monoisotopic (exact) mass is 401 g/mol. The van der Waals surface area contributed by atoms with Gasteiger partial charge in [-0.3, -0.25) is 9.78 Å². The molecule has 1 aliphatic rings. The molecule has 1 aliphatic heterocycles. The van der Waals surface area contributed by atoms with E-state index in [-0.39, 0.29) is 17.3 Å². The van der Waals surface area contributed by atoms with Crippen LogP contribution in [-0.4, -0.2) is 55.2 Å². The van der Waals surface area contributed by atoms with E-state index in [9.17, 15) is 13.2 Å². The van der Waals surface area contributed by atoms with E-state index < -0.39 is 10.0 Å². The Morgan fingerprint density at radius 2 is 1.86 bits per heavy atom. The fourth-order valence-corrected chi connectivity index (χ4v) is 4.63. The highest BCUT2D eigenvalue weighted by Crippen LogP contribution is 2.23. The van der Waals surface area contributed by atoms with Crippen LogP contribution in [0.3, 0.4) is 0 Å². The summed E-state index contributed by atoms with van der Waals surface area (Å²) in [6.07, 6.45) is 6.95. The Bertz CT molecular complexity index is 864. The van der Waals surface area contributed by atoms with Gasteiger partial charge in [0, 0.05) is 32.5 Å². The molecule has 1 aromatic heterocycles. The molecule has 150 valence electrons. The Labute approximate surface area is 167 Å².